The summed E-state index contributed by atoms with van der Waals surface area (Å²) in [4.78, 5) is 10.7. The third-order valence-corrected chi connectivity index (χ3v) is 10.8. The smallest absolute Gasteiger partial charge is 0.0978 e. The standard InChI is InChI=1S/C50H31N3/c1-3-13-32(14-4-1)48-41-20-9-11-21-44(41)52-50-42(48)26-23-33-24-29-45(51-49(33)50)39-28-27-36(37-17-7-8-18-38(37)39)34-25-30-47-43(31-34)40-19-10-12-22-46(40)53(47)35-15-5-2-6-16-35/h1-31H. The van der Waals surface area contributed by atoms with Crippen molar-refractivity contribution in [3.63, 3.8) is 0 Å². The predicted octanol–water partition coefficient (Wildman–Crippen LogP) is 13.2. The lowest BCUT2D eigenvalue weighted by atomic mass is 9.92. The van der Waals surface area contributed by atoms with Crippen molar-refractivity contribution in [3.05, 3.63) is 188 Å². The van der Waals surface area contributed by atoms with Crippen LogP contribution in [0.25, 0.3) is 104 Å². The Morgan fingerprint density at radius 1 is 0.358 bits per heavy atom. The Bertz CT molecular complexity index is 3210. The molecule has 0 aliphatic carbocycles. The van der Waals surface area contributed by atoms with Gasteiger partial charge in [-0.05, 0) is 69.9 Å². The van der Waals surface area contributed by atoms with Crippen LogP contribution >= 0.6 is 0 Å². The molecule has 0 radical (unpaired) electrons. The average Bonchev–Trinajstić information content (AvgIpc) is 3.56. The van der Waals surface area contributed by atoms with E-state index in [4.69, 9.17) is 9.97 Å². The summed E-state index contributed by atoms with van der Waals surface area (Å²) in [7, 11) is 0. The van der Waals surface area contributed by atoms with Crippen LogP contribution in [0.5, 0.6) is 0 Å². The lowest BCUT2D eigenvalue weighted by Gasteiger charge is -2.15. The van der Waals surface area contributed by atoms with Gasteiger partial charge in [0, 0.05) is 43.7 Å². The molecule has 0 N–H and O–H groups in total. The first-order valence-electron chi connectivity index (χ1n) is 18.1. The van der Waals surface area contributed by atoms with Gasteiger partial charge in [-0.25, -0.2) is 9.97 Å². The third-order valence-electron chi connectivity index (χ3n) is 10.8. The highest BCUT2D eigenvalue weighted by atomic mass is 15.0. The van der Waals surface area contributed by atoms with Gasteiger partial charge in [-0.1, -0.05) is 146 Å². The lowest BCUT2D eigenvalue weighted by Crippen LogP contribution is -1.94. The summed E-state index contributed by atoms with van der Waals surface area (Å²) in [5.41, 5.74) is 13.2. The van der Waals surface area contributed by atoms with Gasteiger partial charge in [0.2, 0.25) is 0 Å². The van der Waals surface area contributed by atoms with E-state index in [1.165, 1.54) is 54.8 Å². The second-order valence-electron chi connectivity index (χ2n) is 13.7. The van der Waals surface area contributed by atoms with Crippen molar-refractivity contribution in [2.75, 3.05) is 0 Å². The van der Waals surface area contributed by atoms with Crippen LogP contribution in [-0.2, 0) is 0 Å². The molecule has 8 aromatic carbocycles. The van der Waals surface area contributed by atoms with Crippen molar-refractivity contribution < 1.29 is 0 Å². The highest BCUT2D eigenvalue weighted by Crippen LogP contribution is 2.41. The molecule has 11 aromatic rings. The molecule has 0 bridgehead atoms. The summed E-state index contributed by atoms with van der Waals surface area (Å²) in [5, 5.41) is 8.19. The molecular formula is C50H31N3. The molecule has 0 saturated heterocycles. The molecule has 0 atom stereocenters. The molecule has 3 aromatic heterocycles. The zero-order chi connectivity index (χ0) is 34.9. The van der Waals surface area contributed by atoms with E-state index < -0.39 is 0 Å². The minimum atomic E-state index is 0.913. The molecule has 0 fully saturated rings. The molecule has 11 rings (SSSR count). The van der Waals surface area contributed by atoms with E-state index >= 15 is 0 Å². The van der Waals surface area contributed by atoms with Crippen molar-refractivity contribution in [2.45, 2.75) is 0 Å². The van der Waals surface area contributed by atoms with Crippen molar-refractivity contribution >= 4 is 65.3 Å². The number of hydrogen-bond acceptors (Lipinski definition) is 2. The number of aromatic nitrogens is 3. The number of pyridine rings is 2. The first-order chi connectivity index (χ1) is 26.3. The zero-order valence-electron chi connectivity index (χ0n) is 28.7. The molecule has 246 valence electrons. The molecule has 0 spiro atoms. The second kappa shape index (κ2) is 11.7. The van der Waals surface area contributed by atoms with Crippen LogP contribution in [0, 0.1) is 0 Å². The number of benzene rings is 8. The van der Waals surface area contributed by atoms with E-state index in [0.717, 1.165) is 49.7 Å². The maximum absolute atomic E-state index is 5.41. The summed E-state index contributed by atoms with van der Waals surface area (Å²) in [6, 6.07) is 67.3. The van der Waals surface area contributed by atoms with Gasteiger partial charge >= 0.3 is 0 Å². The van der Waals surface area contributed by atoms with Crippen molar-refractivity contribution in [1.82, 2.24) is 14.5 Å². The highest BCUT2D eigenvalue weighted by Gasteiger charge is 2.18. The Morgan fingerprint density at radius 2 is 1.00 bits per heavy atom. The van der Waals surface area contributed by atoms with Gasteiger partial charge < -0.3 is 4.57 Å². The fourth-order valence-electron chi connectivity index (χ4n) is 8.37. The van der Waals surface area contributed by atoms with Crippen LogP contribution in [0.15, 0.2) is 188 Å². The van der Waals surface area contributed by atoms with Gasteiger partial charge in [0.05, 0.1) is 33.3 Å². The first kappa shape index (κ1) is 29.6. The second-order valence-corrected chi connectivity index (χ2v) is 13.7. The molecule has 3 heterocycles. The molecule has 3 heteroatoms. The van der Waals surface area contributed by atoms with Crippen LogP contribution in [0.3, 0.4) is 0 Å². The summed E-state index contributed by atoms with van der Waals surface area (Å²) in [6.07, 6.45) is 0. The Morgan fingerprint density at radius 3 is 1.83 bits per heavy atom. The van der Waals surface area contributed by atoms with Gasteiger partial charge in [-0.3, -0.25) is 0 Å². The summed E-state index contributed by atoms with van der Waals surface area (Å²) in [6.45, 7) is 0. The van der Waals surface area contributed by atoms with E-state index in [1.54, 1.807) is 0 Å². The average molecular weight is 674 g/mol. The van der Waals surface area contributed by atoms with Crippen LogP contribution in [0.4, 0.5) is 0 Å². The Kier molecular flexibility index (Phi) is 6.55. The summed E-state index contributed by atoms with van der Waals surface area (Å²) in [5.74, 6) is 0. The van der Waals surface area contributed by atoms with Gasteiger partial charge in [-0.2, -0.15) is 0 Å². The van der Waals surface area contributed by atoms with Gasteiger partial charge in [-0.15, -0.1) is 0 Å². The minimum Gasteiger partial charge on any atom is -0.309 e. The van der Waals surface area contributed by atoms with E-state index in [2.05, 4.69) is 193 Å². The summed E-state index contributed by atoms with van der Waals surface area (Å²) >= 11 is 0. The molecule has 0 saturated carbocycles. The largest absolute Gasteiger partial charge is 0.309 e. The molecule has 53 heavy (non-hydrogen) atoms. The third kappa shape index (κ3) is 4.61. The van der Waals surface area contributed by atoms with E-state index in [1.807, 2.05) is 0 Å². The maximum atomic E-state index is 5.41. The minimum absolute atomic E-state index is 0.913. The monoisotopic (exact) mass is 673 g/mol. The fraction of sp³-hybridized carbons (Fsp3) is 0. The molecule has 0 amide bonds. The van der Waals surface area contributed by atoms with Gasteiger partial charge in [0.1, 0.15) is 0 Å². The van der Waals surface area contributed by atoms with Crippen LogP contribution < -0.4 is 0 Å². The van der Waals surface area contributed by atoms with Crippen molar-refractivity contribution in [3.8, 4) is 39.2 Å². The van der Waals surface area contributed by atoms with Crippen LogP contribution in [0.1, 0.15) is 0 Å². The zero-order valence-corrected chi connectivity index (χ0v) is 28.7. The highest BCUT2D eigenvalue weighted by molar-refractivity contribution is 6.17. The van der Waals surface area contributed by atoms with Gasteiger partial charge in [0.25, 0.3) is 0 Å². The molecule has 0 aliphatic rings. The Hall–Kier alpha value is -7.10. The van der Waals surface area contributed by atoms with E-state index in [-0.39, 0.29) is 0 Å². The van der Waals surface area contributed by atoms with E-state index in [9.17, 15) is 0 Å². The normalized spacial score (nSPS) is 11.8. The molecule has 0 unspecified atom stereocenters. The predicted molar refractivity (Wildman–Crippen MR) is 223 cm³/mol. The van der Waals surface area contributed by atoms with Crippen molar-refractivity contribution in [1.29, 1.82) is 0 Å². The first-order valence-corrected chi connectivity index (χ1v) is 18.1. The van der Waals surface area contributed by atoms with Gasteiger partial charge in [0.15, 0.2) is 0 Å². The fourth-order valence-corrected chi connectivity index (χ4v) is 8.37. The van der Waals surface area contributed by atoms with Crippen molar-refractivity contribution in [2.24, 2.45) is 0 Å². The number of rotatable bonds is 4. The lowest BCUT2D eigenvalue weighted by molar-refractivity contribution is 1.18. The SMILES string of the molecule is c1ccc(-c2c3ccccc3nc3c2ccc2ccc(-c4ccc(-c5ccc6c(c5)c5ccccc5n6-c5ccccc5)c5ccccc45)nc23)cc1. The molecule has 0 aliphatic heterocycles. The number of para-hydroxylation sites is 3. The molecule has 3 nitrogen and oxygen atoms in total. The summed E-state index contributed by atoms with van der Waals surface area (Å²) < 4.78 is 2.37. The Balaban J connectivity index is 1.10. The number of nitrogens with zero attached hydrogens (tertiary/aromatic N) is 3. The topological polar surface area (TPSA) is 30.7 Å². The van der Waals surface area contributed by atoms with E-state index in [0.29, 0.717) is 0 Å². The molecular weight excluding hydrogens is 643 g/mol. The Labute approximate surface area is 306 Å². The van der Waals surface area contributed by atoms with Crippen LogP contribution in [0.2, 0.25) is 0 Å². The quantitative estimate of drug-likeness (QED) is 0.137. The van der Waals surface area contributed by atoms with Crippen LogP contribution in [-0.4, -0.2) is 14.5 Å². The number of hydrogen-bond donors (Lipinski definition) is 0. The maximum Gasteiger partial charge on any atom is 0.0978 e. The number of fused-ring (bicyclic) bond motifs is 8.